The lowest BCUT2D eigenvalue weighted by Crippen LogP contribution is -2.53. The van der Waals surface area contributed by atoms with E-state index >= 15 is 0 Å². The van der Waals surface area contributed by atoms with E-state index < -0.39 is 34.0 Å². The van der Waals surface area contributed by atoms with Crippen LogP contribution in [0.2, 0.25) is 0 Å². The smallest absolute Gasteiger partial charge is 0.326 e. The van der Waals surface area contributed by atoms with Crippen molar-refractivity contribution in [2.75, 3.05) is 27.3 Å². The van der Waals surface area contributed by atoms with Crippen LogP contribution in [0.1, 0.15) is 25.3 Å². The molecule has 44 heavy (non-hydrogen) atoms. The zero-order valence-corrected chi connectivity index (χ0v) is 25.5. The first kappa shape index (κ1) is 35.3. The first-order valence-corrected chi connectivity index (χ1v) is 15.0. The second-order valence-corrected chi connectivity index (χ2v) is 11.3. The summed E-state index contributed by atoms with van der Waals surface area (Å²) in [4.78, 5) is 30.8. The normalized spacial score (nSPS) is 12.2. The Hall–Kier alpha value is -4.94. The summed E-state index contributed by atoms with van der Waals surface area (Å²) in [7, 11) is -1.25. The number of methoxy groups -OCH3 is 2. The van der Waals surface area contributed by atoms with Crippen molar-refractivity contribution in [2.24, 2.45) is 16.5 Å². The summed E-state index contributed by atoms with van der Waals surface area (Å²) in [5, 5.41) is 23.0. The maximum Gasteiger partial charge on any atom is 0.326 e. The van der Waals surface area contributed by atoms with E-state index in [0.29, 0.717) is 23.3 Å². The molecule has 0 bridgehead atoms. The molecule has 3 aromatic rings. The number of amides is 1. The maximum atomic E-state index is 13.8. The van der Waals surface area contributed by atoms with Crippen molar-refractivity contribution in [3.8, 4) is 11.5 Å². The highest BCUT2D eigenvalue weighted by Crippen LogP contribution is 2.33. The van der Waals surface area contributed by atoms with Crippen LogP contribution < -0.4 is 25.7 Å². The van der Waals surface area contributed by atoms with E-state index in [9.17, 15) is 23.1 Å². The van der Waals surface area contributed by atoms with E-state index in [0.717, 1.165) is 10.9 Å². The molecule has 0 heterocycles. The predicted molar refractivity (Wildman–Crippen MR) is 163 cm³/mol. The standard InChI is InChI=1S/C29H37N5O7S.N2/c1-19(28(36)37)34(15-13-20-8-5-4-6-9-20)27(35)24(10-7-14-32-29(30)31)33-42(38,39)23-12-11-21-17-25(40-2)26(41-3)18-22(21)16-23;1-2/h4-6,8-9,11-12,16-19,24,33H,7,10,13-15H2,1-3H3,(H,36,37)(H4,30,31,32);/t19-,24-;/m0./s1. The van der Waals surface area contributed by atoms with Crippen molar-refractivity contribution >= 4 is 38.6 Å². The van der Waals surface area contributed by atoms with Crippen molar-refractivity contribution in [2.45, 2.75) is 43.2 Å². The van der Waals surface area contributed by atoms with Gasteiger partial charge in [0.15, 0.2) is 17.5 Å². The van der Waals surface area contributed by atoms with Gasteiger partial charge in [0.2, 0.25) is 15.9 Å². The molecule has 0 aliphatic rings. The van der Waals surface area contributed by atoms with Crippen LogP contribution in [0.25, 0.3) is 10.8 Å². The number of rotatable bonds is 15. The molecule has 3 aromatic carbocycles. The summed E-state index contributed by atoms with van der Waals surface area (Å²) < 4.78 is 40.4. The van der Waals surface area contributed by atoms with Gasteiger partial charge < -0.3 is 30.9 Å². The Kier molecular flexibility index (Phi) is 13.3. The second-order valence-electron chi connectivity index (χ2n) is 9.62. The molecule has 0 spiro atoms. The van der Waals surface area contributed by atoms with Gasteiger partial charge in [0, 0.05) is 23.9 Å². The molecule has 1 amide bonds. The zero-order valence-electron chi connectivity index (χ0n) is 24.7. The number of nitrogens with two attached hydrogens (primary N) is 2. The van der Waals surface area contributed by atoms with Crippen molar-refractivity contribution in [1.82, 2.24) is 9.62 Å². The van der Waals surface area contributed by atoms with Crippen molar-refractivity contribution in [3.05, 3.63) is 66.2 Å². The van der Waals surface area contributed by atoms with Gasteiger partial charge in [0.05, 0.1) is 19.1 Å². The molecule has 0 aliphatic carbocycles. The van der Waals surface area contributed by atoms with Crippen LogP contribution in [-0.2, 0) is 26.0 Å². The third-order valence-corrected chi connectivity index (χ3v) is 8.23. The monoisotopic (exact) mass is 627 g/mol. The number of nitrogens with zero attached hydrogens (tertiary/aromatic N) is 4. The first-order valence-electron chi connectivity index (χ1n) is 13.5. The molecule has 14 nitrogen and oxygen atoms in total. The highest BCUT2D eigenvalue weighted by Gasteiger charge is 2.33. The number of ether oxygens (including phenoxy) is 2. The Morgan fingerprint density at radius 1 is 1.00 bits per heavy atom. The summed E-state index contributed by atoms with van der Waals surface area (Å²) >= 11 is 0. The second kappa shape index (κ2) is 16.6. The number of sulfonamides is 1. The largest absolute Gasteiger partial charge is 0.493 e. The van der Waals surface area contributed by atoms with Crippen molar-refractivity contribution < 1.29 is 32.6 Å². The number of carboxylic acid groups (broad SMARTS) is 1. The topological polar surface area (TPSA) is 234 Å². The number of carbonyl (C=O) groups excluding carboxylic acids is 1. The van der Waals surface area contributed by atoms with Gasteiger partial charge in [-0.25, -0.2) is 13.2 Å². The summed E-state index contributed by atoms with van der Waals surface area (Å²) in [6, 6.07) is 14.7. The minimum absolute atomic E-state index is 0.0294. The molecule has 6 N–H and O–H groups in total. The summed E-state index contributed by atoms with van der Waals surface area (Å²) in [5.74, 6) is -1.09. The average Bonchev–Trinajstić information content (AvgIpc) is 3.02. The molecule has 0 unspecified atom stereocenters. The van der Waals surface area contributed by atoms with E-state index in [1.54, 1.807) is 18.2 Å². The molecule has 0 aliphatic heterocycles. The van der Waals surface area contributed by atoms with Crippen LogP contribution >= 0.6 is 0 Å². The highest BCUT2D eigenvalue weighted by atomic mass is 32.2. The lowest BCUT2D eigenvalue weighted by molar-refractivity contribution is -0.150. The molecule has 3 rings (SSSR count). The zero-order chi connectivity index (χ0) is 32.9. The molecule has 236 valence electrons. The number of aliphatic imine (C=N–C) groups is 1. The fourth-order valence-electron chi connectivity index (χ4n) is 4.43. The summed E-state index contributed by atoms with van der Waals surface area (Å²) in [6.07, 6.45) is 0.675. The highest BCUT2D eigenvalue weighted by molar-refractivity contribution is 7.89. The number of carboxylic acids is 1. The summed E-state index contributed by atoms with van der Waals surface area (Å²) in [5.41, 5.74) is 11.7. The minimum Gasteiger partial charge on any atom is -0.493 e. The molecular weight excluding hydrogens is 590 g/mol. The SMILES string of the molecule is COc1cc2ccc(S(=O)(=O)N[C@@H](CCCN=C(N)N)C(=O)N(CCc3ccccc3)[C@@H](C)C(=O)O)cc2cc1OC.N#N. The quantitative estimate of drug-likeness (QED) is 0.0824. The lowest BCUT2D eigenvalue weighted by atomic mass is 10.1. The van der Waals surface area contributed by atoms with E-state index in [1.807, 2.05) is 30.3 Å². The Bertz CT molecular complexity index is 1580. The lowest BCUT2D eigenvalue weighted by Gasteiger charge is -2.31. The van der Waals surface area contributed by atoms with Crippen LogP contribution in [0.3, 0.4) is 0 Å². The maximum absolute atomic E-state index is 13.8. The van der Waals surface area contributed by atoms with Crippen LogP contribution in [0.4, 0.5) is 0 Å². The van der Waals surface area contributed by atoms with Gasteiger partial charge in [-0.3, -0.25) is 9.79 Å². The van der Waals surface area contributed by atoms with Crippen LogP contribution in [0.15, 0.2) is 70.6 Å². The fourth-order valence-corrected chi connectivity index (χ4v) is 5.69. The molecule has 0 radical (unpaired) electrons. The number of nitrogens with one attached hydrogen (secondary N) is 1. The van der Waals surface area contributed by atoms with Gasteiger partial charge >= 0.3 is 5.97 Å². The van der Waals surface area contributed by atoms with Gasteiger partial charge in [-0.1, -0.05) is 36.4 Å². The molecule has 0 saturated heterocycles. The molecular formula is C29H37N7O7S. The van der Waals surface area contributed by atoms with Crippen molar-refractivity contribution in [1.29, 1.82) is 10.8 Å². The fraction of sp³-hybridized carbons (Fsp3) is 0.345. The number of aliphatic carboxylic acids is 1. The van der Waals surface area contributed by atoms with Gasteiger partial charge in [0.1, 0.15) is 12.1 Å². The predicted octanol–water partition coefficient (Wildman–Crippen LogP) is 2.13. The molecule has 0 fully saturated rings. The van der Waals surface area contributed by atoms with E-state index in [2.05, 4.69) is 9.71 Å². The number of fused-ring (bicyclic) bond motifs is 1. The van der Waals surface area contributed by atoms with E-state index in [-0.39, 0.29) is 36.8 Å². The van der Waals surface area contributed by atoms with Gasteiger partial charge in [-0.2, -0.15) is 4.72 Å². The number of guanidine groups is 1. The number of carbonyl (C=O) groups is 2. The molecule has 2 atom stereocenters. The molecule has 15 heteroatoms. The average molecular weight is 628 g/mol. The van der Waals surface area contributed by atoms with Gasteiger partial charge in [-0.05, 0) is 66.8 Å². The first-order chi connectivity index (χ1) is 21.0. The molecule has 0 aromatic heterocycles. The summed E-state index contributed by atoms with van der Waals surface area (Å²) in [6.45, 7) is 1.62. The third-order valence-electron chi connectivity index (χ3n) is 6.76. The Labute approximate surface area is 256 Å². The number of benzene rings is 3. The van der Waals surface area contributed by atoms with E-state index in [1.165, 1.54) is 38.2 Å². The third kappa shape index (κ3) is 9.54. The van der Waals surface area contributed by atoms with Crippen LogP contribution in [-0.4, -0.2) is 75.7 Å². The van der Waals surface area contributed by atoms with Crippen LogP contribution in [0.5, 0.6) is 11.5 Å². The van der Waals surface area contributed by atoms with Gasteiger partial charge in [-0.15, -0.1) is 0 Å². The van der Waals surface area contributed by atoms with E-state index in [4.69, 9.17) is 31.7 Å². The Balaban J connectivity index is 0.00000330. The van der Waals surface area contributed by atoms with Crippen molar-refractivity contribution in [3.63, 3.8) is 0 Å². The Morgan fingerprint density at radius 3 is 2.18 bits per heavy atom. The van der Waals surface area contributed by atoms with Crippen LogP contribution in [0, 0.1) is 10.8 Å². The number of hydrogen-bond donors (Lipinski definition) is 4. The minimum atomic E-state index is -4.23. The number of hydrogen-bond acceptors (Lipinski definition) is 9. The molecule has 0 saturated carbocycles. The Morgan fingerprint density at radius 2 is 1.61 bits per heavy atom. The van der Waals surface area contributed by atoms with Gasteiger partial charge in [0.25, 0.3) is 0 Å².